The minimum Gasteiger partial charge on any atom is -0.395 e. The fourth-order valence-electron chi connectivity index (χ4n) is 3.57. The van der Waals surface area contributed by atoms with Crippen LogP contribution in [0.25, 0.3) is 0 Å². The summed E-state index contributed by atoms with van der Waals surface area (Å²) in [5, 5.41) is 19.5. The van der Waals surface area contributed by atoms with Crippen LogP contribution in [0.5, 0.6) is 0 Å². The van der Waals surface area contributed by atoms with Crippen molar-refractivity contribution in [3.05, 3.63) is 0 Å². The maximum Gasteiger partial charge on any atom is 0.0580 e. The molecule has 1 saturated carbocycles. The van der Waals surface area contributed by atoms with E-state index in [1.54, 1.807) is 0 Å². The Morgan fingerprint density at radius 2 is 1.84 bits per heavy atom. The van der Waals surface area contributed by atoms with Crippen molar-refractivity contribution < 1.29 is 10.2 Å². The molecule has 3 heteroatoms. The highest BCUT2D eigenvalue weighted by Crippen LogP contribution is 2.32. The molecule has 0 aliphatic heterocycles. The van der Waals surface area contributed by atoms with Crippen LogP contribution in [0.1, 0.15) is 59.3 Å². The van der Waals surface area contributed by atoms with Gasteiger partial charge in [-0.3, -0.25) is 4.90 Å². The van der Waals surface area contributed by atoms with Crippen LogP contribution in [0.3, 0.4) is 0 Å². The fraction of sp³-hybridized carbons (Fsp3) is 1.00. The van der Waals surface area contributed by atoms with Crippen molar-refractivity contribution in [3.63, 3.8) is 0 Å². The van der Waals surface area contributed by atoms with E-state index in [0.717, 1.165) is 44.7 Å². The predicted octanol–water partition coefficient (Wildman–Crippen LogP) is 2.66. The maximum absolute atomic E-state index is 10.2. The van der Waals surface area contributed by atoms with E-state index >= 15 is 0 Å². The maximum atomic E-state index is 10.2. The van der Waals surface area contributed by atoms with E-state index in [1.165, 1.54) is 12.8 Å². The summed E-state index contributed by atoms with van der Waals surface area (Å²) >= 11 is 0. The molecule has 114 valence electrons. The molecule has 1 fully saturated rings. The topological polar surface area (TPSA) is 43.7 Å². The summed E-state index contributed by atoms with van der Waals surface area (Å²) in [4.78, 5) is 2.39. The van der Waals surface area contributed by atoms with Crippen LogP contribution >= 0.6 is 0 Å². The van der Waals surface area contributed by atoms with Crippen molar-refractivity contribution >= 4 is 0 Å². The number of aliphatic hydroxyl groups is 2. The first-order valence-corrected chi connectivity index (χ1v) is 8.19. The van der Waals surface area contributed by atoms with Gasteiger partial charge >= 0.3 is 0 Å². The largest absolute Gasteiger partial charge is 0.395 e. The van der Waals surface area contributed by atoms with Crippen LogP contribution in [0.4, 0.5) is 0 Å². The molecule has 19 heavy (non-hydrogen) atoms. The fourth-order valence-corrected chi connectivity index (χ4v) is 3.57. The second kappa shape index (κ2) is 8.93. The third-order valence-electron chi connectivity index (χ3n) is 4.94. The number of hydrogen-bond donors (Lipinski definition) is 2. The zero-order chi connectivity index (χ0) is 14.3. The van der Waals surface area contributed by atoms with Crippen molar-refractivity contribution in [2.24, 2.45) is 11.8 Å². The van der Waals surface area contributed by atoms with Gasteiger partial charge in [0.25, 0.3) is 0 Å². The van der Waals surface area contributed by atoms with Gasteiger partial charge in [-0.2, -0.15) is 0 Å². The summed E-state index contributed by atoms with van der Waals surface area (Å²) in [7, 11) is 0. The van der Waals surface area contributed by atoms with E-state index in [-0.39, 0.29) is 12.7 Å². The highest BCUT2D eigenvalue weighted by atomic mass is 16.3. The van der Waals surface area contributed by atoms with Crippen LogP contribution in [-0.2, 0) is 0 Å². The first-order valence-electron chi connectivity index (χ1n) is 8.19. The van der Waals surface area contributed by atoms with Gasteiger partial charge in [-0.25, -0.2) is 0 Å². The Labute approximate surface area is 119 Å². The quantitative estimate of drug-likeness (QED) is 0.713. The molecule has 1 aliphatic carbocycles. The molecule has 0 radical (unpaired) electrons. The highest BCUT2D eigenvalue weighted by Gasteiger charge is 2.30. The minimum atomic E-state index is -0.140. The van der Waals surface area contributed by atoms with Crippen LogP contribution in [0.15, 0.2) is 0 Å². The Balaban J connectivity index is 2.60. The van der Waals surface area contributed by atoms with Gasteiger partial charge in [-0.15, -0.1) is 0 Å². The Bertz CT molecular complexity index is 231. The molecule has 0 aromatic heterocycles. The second-order valence-electron chi connectivity index (χ2n) is 6.10. The first kappa shape index (κ1) is 16.9. The second-order valence-corrected chi connectivity index (χ2v) is 6.10. The monoisotopic (exact) mass is 271 g/mol. The van der Waals surface area contributed by atoms with Gasteiger partial charge in [0.1, 0.15) is 0 Å². The molecule has 2 N–H and O–H groups in total. The van der Waals surface area contributed by atoms with E-state index in [2.05, 4.69) is 25.7 Å². The molecule has 0 heterocycles. The molecule has 0 saturated heterocycles. The van der Waals surface area contributed by atoms with Gasteiger partial charge in [0, 0.05) is 19.1 Å². The predicted molar refractivity (Wildman–Crippen MR) is 80.2 cm³/mol. The third-order valence-corrected chi connectivity index (χ3v) is 4.94. The average Bonchev–Trinajstić information content (AvgIpc) is 2.42. The molecule has 0 aromatic rings. The van der Waals surface area contributed by atoms with Crippen LogP contribution in [0.2, 0.25) is 0 Å². The lowest BCUT2D eigenvalue weighted by Gasteiger charge is -2.39. The van der Waals surface area contributed by atoms with Crippen LogP contribution < -0.4 is 0 Å². The summed E-state index contributed by atoms with van der Waals surface area (Å²) in [5.41, 5.74) is 0. The van der Waals surface area contributed by atoms with Crippen LogP contribution in [-0.4, -0.2) is 47.0 Å². The lowest BCUT2D eigenvalue weighted by Crippen LogP contribution is -2.44. The van der Waals surface area contributed by atoms with Crippen LogP contribution in [0, 0.1) is 11.8 Å². The lowest BCUT2D eigenvalue weighted by atomic mass is 9.78. The van der Waals surface area contributed by atoms with E-state index in [0.29, 0.717) is 12.0 Å². The van der Waals surface area contributed by atoms with Crippen molar-refractivity contribution in [2.45, 2.75) is 71.4 Å². The van der Waals surface area contributed by atoms with Crippen molar-refractivity contribution in [1.82, 2.24) is 4.90 Å². The highest BCUT2D eigenvalue weighted by molar-refractivity contribution is 4.83. The third kappa shape index (κ3) is 5.05. The zero-order valence-electron chi connectivity index (χ0n) is 13.0. The molecular formula is C16H33NO2. The van der Waals surface area contributed by atoms with Gasteiger partial charge in [-0.1, -0.05) is 27.2 Å². The standard InChI is InChI=1S/C16H33NO2/c1-4-13-7-8-16(19)14(11-13)12-17(9-10-18)15(5-2)6-3/h13-16,18-19H,4-12H2,1-3H3. The summed E-state index contributed by atoms with van der Waals surface area (Å²) in [6.07, 6.45) is 6.62. The number of hydrogen-bond acceptors (Lipinski definition) is 3. The van der Waals surface area contributed by atoms with E-state index in [9.17, 15) is 10.2 Å². The van der Waals surface area contributed by atoms with Gasteiger partial charge in [0.05, 0.1) is 12.7 Å². The number of rotatable bonds is 8. The van der Waals surface area contributed by atoms with Crippen molar-refractivity contribution in [1.29, 1.82) is 0 Å². The first-order chi connectivity index (χ1) is 9.15. The smallest absolute Gasteiger partial charge is 0.0580 e. The normalized spacial score (nSPS) is 28.3. The molecule has 3 atom stereocenters. The van der Waals surface area contributed by atoms with Crippen molar-refractivity contribution in [3.8, 4) is 0 Å². The van der Waals surface area contributed by atoms with Gasteiger partial charge in [-0.05, 0) is 43.9 Å². The van der Waals surface area contributed by atoms with Crippen molar-refractivity contribution in [2.75, 3.05) is 19.7 Å². The Kier molecular flexibility index (Phi) is 7.96. The molecule has 3 unspecified atom stereocenters. The summed E-state index contributed by atoms with van der Waals surface area (Å²) in [6.45, 7) is 8.59. The van der Waals surface area contributed by atoms with Gasteiger partial charge in [0.2, 0.25) is 0 Å². The zero-order valence-corrected chi connectivity index (χ0v) is 13.0. The minimum absolute atomic E-state index is 0.140. The summed E-state index contributed by atoms with van der Waals surface area (Å²) in [5.74, 6) is 1.18. The van der Waals surface area contributed by atoms with Gasteiger partial charge in [0.15, 0.2) is 0 Å². The molecule has 0 amide bonds. The summed E-state index contributed by atoms with van der Waals surface area (Å²) < 4.78 is 0. The molecule has 0 aromatic carbocycles. The SMILES string of the molecule is CCC1CCC(O)C(CN(CCO)C(CC)CC)C1. The summed E-state index contributed by atoms with van der Waals surface area (Å²) in [6, 6.07) is 0.543. The number of nitrogens with zero attached hydrogens (tertiary/aromatic N) is 1. The Hall–Kier alpha value is -0.120. The average molecular weight is 271 g/mol. The number of aliphatic hydroxyl groups excluding tert-OH is 2. The lowest BCUT2D eigenvalue weighted by molar-refractivity contribution is 0.0131. The molecule has 0 bridgehead atoms. The molecule has 3 nitrogen and oxygen atoms in total. The van der Waals surface area contributed by atoms with E-state index in [1.807, 2.05) is 0 Å². The Morgan fingerprint density at radius 1 is 1.16 bits per heavy atom. The van der Waals surface area contributed by atoms with Gasteiger partial charge < -0.3 is 10.2 Å². The molecule has 1 aliphatic rings. The van der Waals surface area contributed by atoms with E-state index < -0.39 is 0 Å². The Morgan fingerprint density at radius 3 is 2.37 bits per heavy atom. The van der Waals surface area contributed by atoms with E-state index in [4.69, 9.17) is 0 Å². The molecule has 1 rings (SSSR count). The molecular weight excluding hydrogens is 238 g/mol. The molecule has 0 spiro atoms.